The normalized spacial score (nSPS) is 14.4. The number of pyridine rings is 2. The molecule has 2 aromatic rings. The van der Waals surface area contributed by atoms with Gasteiger partial charge in [0.2, 0.25) is 0 Å². The highest BCUT2D eigenvalue weighted by molar-refractivity contribution is 5.92. The first kappa shape index (κ1) is 17.5. The number of fused-ring (bicyclic) bond motifs is 1. The van der Waals surface area contributed by atoms with Crippen molar-refractivity contribution in [2.24, 2.45) is 0 Å². The van der Waals surface area contributed by atoms with Crippen molar-refractivity contribution in [2.75, 3.05) is 11.9 Å². The molecule has 6 nitrogen and oxygen atoms in total. The summed E-state index contributed by atoms with van der Waals surface area (Å²) in [7, 11) is 1.90. The van der Waals surface area contributed by atoms with Crippen molar-refractivity contribution in [3.63, 3.8) is 0 Å². The van der Waals surface area contributed by atoms with Crippen LogP contribution in [0.1, 0.15) is 43.4 Å². The fraction of sp³-hybridized carbons (Fsp3) is 0.400. The Labute approximate surface area is 152 Å². The second kappa shape index (κ2) is 7.30. The molecule has 0 amide bonds. The van der Waals surface area contributed by atoms with E-state index >= 15 is 0 Å². The number of aromatic nitrogens is 2. The molecule has 3 rings (SSSR count). The smallest absolute Gasteiger partial charge is 0.272 e. The molecule has 2 aromatic heterocycles. The van der Waals surface area contributed by atoms with E-state index in [0.29, 0.717) is 16.7 Å². The second-order valence-corrected chi connectivity index (χ2v) is 6.51. The first-order chi connectivity index (χ1) is 12.6. The van der Waals surface area contributed by atoms with Gasteiger partial charge in [-0.15, -0.1) is 6.42 Å². The molecule has 1 aliphatic rings. The minimum absolute atomic E-state index is 0.0309. The molecule has 1 saturated carbocycles. The molecule has 0 spiro atoms. The number of hydrogen-bond acceptors (Lipinski definition) is 5. The minimum Gasteiger partial charge on any atom is -0.369 e. The van der Waals surface area contributed by atoms with Crippen LogP contribution in [0.25, 0.3) is 11.0 Å². The Morgan fingerprint density at radius 1 is 1.27 bits per heavy atom. The van der Waals surface area contributed by atoms with Crippen LogP contribution in [-0.2, 0) is 6.54 Å². The summed E-state index contributed by atoms with van der Waals surface area (Å²) in [6, 6.07) is 7.56. The number of hydrogen-bond donors (Lipinski definition) is 0. The molecule has 1 fully saturated rings. The lowest BCUT2D eigenvalue weighted by Crippen LogP contribution is -2.36. The Balaban J connectivity index is 2.34. The van der Waals surface area contributed by atoms with Gasteiger partial charge in [0.05, 0.1) is 17.7 Å². The van der Waals surface area contributed by atoms with E-state index < -0.39 is 5.56 Å². The summed E-state index contributed by atoms with van der Waals surface area (Å²) in [5.74, 6) is 2.46. The van der Waals surface area contributed by atoms with Gasteiger partial charge in [-0.05, 0) is 25.0 Å². The van der Waals surface area contributed by atoms with Crippen LogP contribution >= 0.6 is 0 Å². The van der Waals surface area contributed by atoms with Gasteiger partial charge in [0.15, 0.2) is 0 Å². The van der Waals surface area contributed by atoms with Gasteiger partial charge >= 0.3 is 0 Å². The number of rotatable bonds is 3. The third kappa shape index (κ3) is 2.89. The van der Waals surface area contributed by atoms with Gasteiger partial charge in [-0.2, -0.15) is 10.5 Å². The predicted molar refractivity (Wildman–Crippen MR) is 99.5 cm³/mol. The summed E-state index contributed by atoms with van der Waals surface area (Å²) in [4.78, 5) is 19.3. The van der Waals surface area contributed by atoms with Gasteiger partial charge in [0, 0.05) is 13.1 Å². The van der Waals surface area contributed by atoms with Crippen molar-refractivity contribution >= 4 is 16.7 Å². The zero-order valence-corrected chi connectivity index (χ0v) is 14.7. The SMILES string of the molecule is C#CCn1c(=O)c(C#N)c(N(C)C2CCCCC2)c2nc(C#N)ccc21. The first-order valence-corrected chi connectivity index (χ1v) is 8.66. The van der Waals surface area contributed by atoms with Gasteiger partial charge in [-0.1, -0.05) is 25.2 Å². The fourth-order valence-corrected chi connectivity index (χ4v) is 3.71. The molecule has 0 unspecified atom stereocenters. The molecule has 0 saturated heterocycles. The number of nitrogens with zero attached hydrogens (tertiary/aromatic N) is 5. The summed E-state index contributed by atoms with van der Waals surface area (Å²) in [5, 5.41) is 18.9. The molecule has 0 aromatic carbocycles. The molecule has 6 heteroatoms. The van der Waals surface area contributed by atoms with E-state index in [9.17, 15) is 15.3 Å². The molecule has 2 heterocycles. The van der Waals surface area contributed by atoms with Crippen LogP contribution in [0.5, 0.6) is 0 Å². The van der Waals surface area contributed by atoms with E-state index in [4.69, 9.17) is 6.42 Å². The lowest BCUT2D eigenvalue weighted by Gasteiger charge is -2.34. The molecule has 0 aliphatic heterocycles. The van der Waals surface area contributed by atoms with Crippen LogP contribution in [0.15, 0.2) is 16.9 Å². The molecule has 0 radical (unpaired) electrons. The van der Waals surface area contributed by atoms with Crippen LogP contribution in [0.2, 0.25) is 0 Å². The van der Waals surface area contributed by atoms with Gasteiger partial charge in [0.25, 0.3) is 5.56 Å². The van der Waals surface area contributed by atoms with Crippen molar-refractivity contribution in [3.8, 4) is 24.5 Å². The number of nitriles is 2. The van der Waals surface area contributed by atoms with E-state index in [1.54, 1.807) is 12.1 Å². The van der Waals surface area contributed by atoms with E-state index in [0.717, 1.165) is 25.7 Å². The van der Waals surface area contributed by atoms with Crippen molar-refractivity contribution in [3.05, 3.63) is 33.7 Å². The van der Waals surface area contributed by atoms with Gasteiger partial charge in [0.1, 0.15) is 28.9 Å². The maximum atomic E-state index is 12.9. The molecular weight excluding hydrogens is 326 g/mol. The monoisotopic (exact) mass is 345 g/mol. The standard InChI is InChI=1S/C20H19N5O/c1-3-11-25-17-10-9-14(12-21)23-18(17)19(16(13-22)20(25)26)24(2)15-7-5-4-6-8-15/h1,9-10,15H,4-8,11H2,2H3. The first-order valence-electron chi connectivity index (χ1n) is 8.66. The molecule has 1 aliphatic carbocycles. The molecule has 26 heavy (non-hydrogen) atoms. The van der Waals surface area contributed by atoms with Crippen LogP contribution in [0.3, 0.4) is 0 Å². The van der Waals surface area contributed by atoms with E-state index in [-0.39, 0.29) is 23.8 Å². The van der Waals surface area contributed by atoms with E-state index in [1.165, 1.54) is 11.0 Å². The highest BCUT2D eigenvalue weighted by Crippen LogP contribution is 2.32. The molecule has 0 atom stereocenters. The van der Waals surface area contributed by atoms with Crippen molar-refractivity contribution in [1.29, 1.82) is 10.5 Å². The van der Waals surface area contributed by atoms with Crippen LogP contribution in [0, 0.1) is 35.0 Å². The Hall–Kier alpha value is -3.30. The Morgan fingerprint density at radius 3 is 2.62 bits per heavy atom. The molecule has 0 N–H and O–H groups in total. The van der Waals surface area contributed by atoms with Gasteiger partial charge in [-0.25, -0.2) is 4.98 Å². The quantitative estimate of drug-likeness (QED) is 0.798. The number of terminal acetylenes is 1. The van der Waals surface area contributed by atoms with Crippen molar-refractivity contribution in [2.45, 2.75) is 44.7 Å². The molecule has 130 valence electrons. The molecular formula is C20H19N5O. The average Bonchev–Trinajstić information content (AvgIpc) is 2.69. The zero-order valence-electron chi connectivity index (χ0n) is 14.7. The maximum absolute atomic E-state index is 12.9. The summed E-state index contributed by atoms with van der Waals surface area (Å²) in [5.41, 5.74) is 1.38. The highest BCUT2D eigenvalue weighted by atomic mass is 16.1. The highest BCUT2D eigenvalue weighted by Gasteiger charge is 2.26. The third-order valence-electron chi connectivity index (χ3n) is 5.04. The zero-order chi connectivity index (χ0) is 18.7. The lowest BCUT2D eigenvalue weighted by molar-refractivity contribution is 0.428. The topological polar surface area (TPSA) is 85.7 Å². The maximum Gasteiger partial charge on any atom is 0.272 e. The fourth-order valence-electron chi connectivity index (χ4n) is 3.71. The lowest BCUT2D eigenvalue weighted by atomic mass is 9.93. The summed E-state index contributed by atoms with van der Waals surface area (Å²) in [6.45, 7) is 0.0466. The number of anilines is 1. The average molecular weight is 345 g/mol. The predicted octanol–water partition coefficient (Wildman–Crippen LogP) is 2.54. The summed E-state index contributed by atoms with van der Waals surface area (Å²) in [6.07, 6.45) is 10.9. The second-order valence-electron chi connectivity index (χ2n) is 6.51. The Bertz CT molecular complexity index is 1030. The van der Waals surface area contributed by atoms with E-state index in [2.05, 4.69) is 10.9 Å². The summed E-state index contributed by atoms with van der Waals surface area (Å²) < 4.78 is 1.38. The summed E-state index contributed by atoms with van der Waals surface area (Å²) >= 11 is 0. The van der Waals surface area contributed by atoms with Crippen LogP contribution in [0.4, 0.5) is 5.69 Å². The molecule has 0 bridgehead atoms. The third-order valence-corrected chi connectivity index (χ3v) is 5.04. The van der Waals surface area contributed by atoms with Gasteiger partial charge in [-0.3, -0.25) is 9.36 Å². The van der Waals surface area contributed by atoms with Crippen molar-refractivity contribution < 1.29 is 0 Å². The minimum atomic E-state index is -0.415. The van der Waals surface area contributed by atoms with Crippen LogP contribution in [-0.4, -0.2) is 22.6 Å². The Morgan fingerprint density at radius 2 is 2.00 bits per heavy atom. The van der Waals surface area contributed by atoms with Crippen molar-refractivity contribution in [1.82, 2.24) is 9.55 Å². The Kier molecular flexibility index (Phi) is 4.92. The van der Waals surface area contributed by atoms with Crippen LogP contribution < -0.4 is 10.5 Å². The largest absolute Gasteiger partial charge is 0.369 e. The van der Waals surface area contributed by atoms with E-state index in [1.807, 2.05) is 24.1 Å². The van der Waals surface area contributed by atoms with Gasteiger partial charge < -0.3 is 4.90 Å².